The van der Waals surface area contributed by atoms with Crippen LogP contribution >= 0.6 is 15.9 Å². The summed E-state index contributed by atoms with van der Waals surface area (Å²) in [5, 5.41) is 8.66. The third kappa shape index (κ3) is 1.18. The molecule has 0 saturated carbocycles. The first-order chi connectivity index (χ1) is 4.66. The molecule has 56 valence electrons. The second-order valence-electron chi connectivity index (χ2n) is 2.80. The van der Waals surface area contributed by atoms with Crippen molar-refractivity contribution in [1.82, 2.24) is 4.90 Å². The maximum Gasteiger partial charge on any atom is 0.0989 e. The molecule has 1 heterocycles. The van der Waals surface area contributed by atoms with Crippen molar-refractivity contribution < 1.29 is 0 Å². The van der Waals surface area contributed by atoms with Gasteiger partial charge in [-0.2, -0.15) is 5.26 Å². The zero-order valence-corrected chi connectivity index (χ0v) is 7.80. The normalized spacial score (nSPS) is 41.6. The second kappa shape index (κ2) is 2.89. The molecule has 0 radical (unpaired) electrons. The van der Waals surface area contributed by atoms with Crippen LogP contribution in [0.3, 0.4) is 0 Å². The molecule has 0 aliphatic carbocycles. The Bertz CT molecular complexity index is 163. The fourth-order valence-electron chi connectivity index (χ4n) is 1.26. The largest absolute Gasteiger partial charge is 0.287 e. The molecule has 2 nitrogen and oxygen atoms in total. The molecule has 0 bridgehead atoms. The lowest BCUT2D eigenvalue weighted by Gasteiger charge is -2.18. The van der Waals surface area contributed by atoms with E-state index in [1.165, 1.54) is 0 Å². The van der Waals surface area contributed by atoms with Crippen LogP contribution in [0.15, 0.2) is 0 Å². The molecule has 1 fully saturated rings. The van der Waals surface area contributed by atoms with Gasteiger partial charge in [0.2, 0.25) is 0 Å². The fraction of sp³-hybridized carbons (Fsp3) is 0.857. The lowest BCUT2D eigenvalue weighted by Crippen LogP contribution is -2.30. The topological polar surface area (TPSA) is 27.0 Å². The molecule has 1 aliphatic heterocycles. The average molecular weight is 203 g/mol. The number of nitrogens with zero attached hydrogens (tertiary/aromatic N) is 2. The number of hydrogen-bond acceptors (Lipinski definition) is 2. The van der Waals surface area contributed by atoms with Crippen LogP contribution in [0.5, 0.6) is 0 Å². The number of halogens is 1. The first kappa shape index (κ1) is 8.03. The second-order valence-corrected chi connectivity index (χ2v) is 3.98. The first-order valence-electron chi connectivity index (χ1n) is 3.42. The molecule has 0 aromatic carbocycles. The van der Waals surface area contributed by atoms with Gasteiger partial charge in [-0.05, 0) is 20.4 Å². The third-order valence-corrected chi connectivity index (χ3v) is 3.39. The summed E-state index contributed by atoms with van der Waals surface area (Å²) in [5.41, 5.74) is 0. The molecule has 3 unspecified atom stereocenters. The molecule has 1 aliphatic rings. The Balaban J connectivity index is 2.64. The van der Waals surface area contributed by atoms with E-state index in [-0.39, 0.29) is 6.04 Å². The number of alkyl halides is 1. The molecule has 1 saturated heterocycles. The maximum absolute atomic E-state index is 8.66. The van der Waals surface area contributed by atoms with E-state index in [1.807, 2.05) is 7.05 Å². The number of rotatable bonds is 0. The van der Waals surface area contributed by atoms with Gasteiger partial charge in [0.05, 0.1) is 12.1 Å². The third-order valence-electron chi connectivity index (χ3n) is 2.25. The van der Waals surface area contributed by atoms with Crippen molar-refractivity contribution in [2.45, 2.75) is 30.3 Å². The summed E-state index contributed by atoms with van der Waals surface area (Å²) < 4.78 is 0. The smallest absolute Gasteiger partial charge is 0.0989 e. The maximum atomic E-state index is 8.66. The Kier molecular flexibility index (Phi) is 2.32. The highest BCUT2D eigenvalue weighted by molar-refractivity contribution is 9.09. The molecular formula is C7H11BrN2. The Morgan fingerprint density at radius 3 is 2.50 bits per heavy atom. The quantitative estimate of drug-likeness (QED) is 0.556. The van der Waals surface area contributed by atoms with E-state index in [9.17, 15) is 0 Å². The van der Waals surface area contributed by atoms with Gasteiger partial charge < -0.3 is 0 Å². The Morgan fingerprint density at radius 2 is 2.30 bits per heavy atom. The molecule has 10 heavy (non-hydrogen) atoms. The highest BCUT2D eigenvalue weighted by Crippen LogP contribution is 2.27. The van der Waals surface area contributed by atoms with Gasteiger partial charge in [0.1, 0.15) is 0 Å². The van der Waals surface area contributed by atoms with Crippen molar-refractivity contribution in [2.75, 3.05) is 7.05 Å². The van der Waals surface area contributed by atoms with E-state index in [0.717, 1.165) is 6.42 Å². The minimum absolute atomic E-state index is 0.111. The van der Waals surface area contributed by atoms with Crippen LogP contribution in [0.25, 0.3) is 0 Å². The van der Waals surface area contributed by atoms with Gasteiger partial charge in [-0.3, -0.25) is 4.90 Å². The monoisotopic (exact) mass is 202 g/mol. The van der Waals surface area contributed by atoms with E-state index in [2.05, 4.69) is 33.8 Å². The van der Waals surface area contributed by atoms with Crippen LogP contribution in [-0.4, -0.2) is 28.9 Å². The van der Waals surface area contributed by atoms with Crippen molar-refractivity contribution in [2.24, 2.45) is 0 Å². The van der Waals surface area contributed by atoms with E-state index >= 15 is 0 Å². The molecule has 0 spiro atoms. The van der Waals surface area contributed by atoms with Gasteiger partial charge >= 0.3 is 0 Å². The van der Waals surface area contributed by atoms with Crippen molar-refractivity contribution in [3.8, 4) is 6.07 Å². The first-order valence-corrected chi connectivity index (χ1v) is 4.34. The predicted molar refractivity (Wildman–Crippen MR) is 44.0 cm³/mol. The van der Waals surface area contributed by atoms with Gasteiger partial charge in [-0.15, -0.1) is 0 Å². The zero-order chi connectivity index (χ0) is 7.72. The molecule has 0 aromatic heterocycles. The highest BCUT2D eigenvalue weighted by Gasteiger charge is 2.34. The molecule has 3 heteroatoms. The fourth-order valence-corrected chi connectivity index (χ4v) is 1.99. The standard InChI is InChI=1S/C7H11BrN2/c1-5-7(8)3-6(4-9)10(5)2/h5-7H,3H2,1-2H3. The van der Waals surface area contributed by atoms with Crippen LogP contribution in [0.1, 0.15) is 13.3 Å². The molecule has 0 amide bonds. The van der Waals surface area contributed by atoms with Crippen molar-refractivity contribution in [1.29, 1.82) is 5.26 Å². The van der Waals surface area contributed by atoms with E-state index in [1.54, 1.807) is 0 Å². The molecule has 1 rings (SSSR count). The lowest BCUT2D eigenvalue weighted by atomic mass is 10.2. The number of hydrogen-bond donors (Lipinski definition) is 0. The Morgan fingerprint density at radius 1 is 1.70 bits per heavy atom. The van der Waals surface area contributed by atoms with Gasteiger partial charge in [0.25, 0.3) is 0 Å². The summed E-state index contributed by atoms with van der Waals surface area (Å²) in [6, 6.07) is 2.87. The average Bonchev–Trinajstić information content (AvgIpc) is 2.17. The Hall–Kier alpha value is -0.0700. The number of nitriles is 1. The summed E-state index contributed by atoms with van der Waals surface area (Å²) in [6.45, 7) is 2.14. The van der Waals surface area contributed by atoms with Crippen LogP contribution in [0, 0.1) is 11.3 Å². The summed E-state index contributed by atoms with van der Waals surface area (Å²) in [6.07, 6.45) is 0.953. The predicted octanol–water partition coefficient (Wildman–Crippen LogP) is 1.37. The molecular weight excluding hydrogens is 192 g/mol. The molecule has 0 N–H and O–H groups in total. The Labute approximate surface area is 69.9 Å². The van der Waals surface area contributed by atoms with E-state index < -0.39 is 0 Å². The van der Waals surface area contributed by atoms with E-state index in [0.29, 0.717) is 10.9 Å². The molecule has 0 aromatic rings. The van der Waals surface area contributed by atoms with Crippen LogP contribution in [0.4, 0.5) is 0 Å². The summed E-state index contributed by atoms with van der Waals surface area (Å²) >= 11 is 3.53. The van der Waals surface area contributed by atoms with Crippen LogP contribution in [-0.2, 0) is 0 Å². The molecule has 3 atom stereocenters. The van der Waals surface area contributed by atoms with Crippen LogP contribution < -0.4 is 0 Å². The van der Waals surface area contributed by atoms with Crippen molar-refractivity contribution >= 4 is 15.9 Å². The van der Waals surface area contributed by atoms with Gasteiger partial charge in [-0.1, -0.05) is 15.9 Å². The van der Waals surface area contributed by atoms with Crippen molar-refractivity contribution in [3.05, 3.63) is 0 Å². The van der Waals surface area contributed by atoms with Crippen molar-refractivity contribution in [3.63, 3.8) is 0 Å². The summed E-state index contributed by atoms with van der Waals surface area (Å²) in [7, 11) is 2.00. The minimum atomic E-state index is 0.111. The van der Waals surface area contributed by atoms with Gasteiger partial charge in [-0.25, -0.2) is 0 Å². The minimum Gasteiger partial charge on any atom is -0.287 e. The van der Waals surface area contributed by atoms with E-state index in [4.69, 9.17) is 5.26 Å². The summed E-state index contributed by atoms with van der Waals surface area (Å²) in [4.78, 5) is 2.60. The van der Waals surface area contributed by atoms with Crippen LogP contribution in [0.2, 0.25) is 0 Å². The zero-order valence-electron chi connectivity index (χ0n) is 6.21. The SMILES string of the molecule is CC1C(Br)CC(C#N)N1C. The van der Waals surface area contributed by atoms with Gasteiger partial charge in [0.15, 0.2) is 0 Å². The van der Waals surface area contributed by atoms with Gasteiger partial charge in [0, 0.05) is 10.9 Å². The highest BCUT2D eigenvalue weighted by atomic mass is 79.9. The summed E-state index contributed by atoms with van der Waals surface area (Å²) in [5.74, 6) is 0. The number of likely N-dealkylation sites (tertiary alicyclic amines) is 1. The lowest BCUT2D eigenvalue weighted by molar-refractivity contribution is 0.293.